The minimum absolute atomic E-state index is 0.288. The first kappa shape index (κ1) is 14.6. The van der Waals surface area contributed by atoms with Gasteiger partial charge in [0, 0.05) is 13.1 Å². The Labute approximate surface area is 118 Å². The molecule has 0 aliphatic rings. The molecule has 0 bridgehead atoms. The van der Waals surface area contributed by atoms with Crippen LogP contribution in [0.5, 0.6) is 0 Å². The molecule has 2 rings (SSSR count). The molecule has 1 heterocycles. The van der Waals surface area contributed by atoms with E-state index in [0.717, 1.165) is 11.3 Å². The zero-order chi connectivity index (χ0) is 14.8. The van der Waals surface area contributed by atoms with Crippen molar-refractivity contribution in [3.05, 3.63) is 30.1 Å². The second kappa shape index (κ2) is 5.68. The van der Waals surface area contributed by atoms with Crippen molar-refractivity contribution in [3.63, 3.8) is 0 Å². The summed E-state index contributed by atoms with van der Waals surface area (Å²) in [5.41, 5.74) is 1.55. The topological polar surface area (TPSA) is 81.0 Å². The Kier molecular flexibility index (Phi) is 4.15. The molecule has 0 aliphatic heterocycles. The molecule has 0 amide bonds. The Balaban J connectivity index is 2.44. The van der Waals surface area contributed by atoms with E-state index < -0.39 is 10.0 Å². The highest BCUT2D eigenvalue weighted by molar-refractivity contribution is 7.89. The number of rotatable bonds is 5. The lowest BCUT2D eigenvalue weighted by atomic mass is 10.2. The molecular weight excluding hydrogens is 278 g/mol. The van der Waals surface area contributed by atoms with Gasteiger partial charge in [0.25, 0.3) is 0 Å². The van der Waals surface area contributed by atoms with Gasteiger partial charge in [-0.05, 0) is 41.1 Å². The van der Waals surface area contributed by atoms with Gasteiger partial charge in [-0.1, -0.05) is 13.8 Å². The summed E-state index contributed by atoms with van der Waals surface area (Å²) in [6, 6.07) is 4.93. The van der Waals surface area contributed by atoms with Crippen LogP contribution in [0.2, 0.25) is 0 Å². The van der Waals surface area contributed by atoms with Crippen molar-refractivity contribution < 1.29 is 8.42 Å². The Morgan fingerprint density at radius 3 is 2.45 bits per heavy atom. The fourth-order valence-corrected chi connectivity index (χ4v) is 3.57. The zero-order valence-electron chi connectivity index (χ0n) is 11.7. The van der Waals surface area contributed by atoms with Gasteiger partial charge in [0.15, 0.2) is 0 Å². The number of aryl methyl sites for hydroxylation is 1. The predicted octanol–water partition coefficient (Wildman–Crippen LogP) is 1.00. The van der Waals surface area contributed by atoms with E-state index in [4.69, 9.17) is 0 Å². The van der Waals surface area contributed by atoms with Gasteiger partial charge in [-0.15, -0.1) is 5.10 Å². The summed E-state index contributed by atoms with van der Waals surface area (Å²) in [6.45, 7) is 6.38. The minimum atomic E-state index is -3.44. The third-order valence-corrected chi connectivity index (χ3v) is 5.15. The molecule has 8 heteroatoms. The molecule has 7 nitrogen and oxygen atoms in total. The van der Waals surface area contributed by atoms with Crippen LogP contribution in [0.25, 0.3) is 5.69 Å². The second-order valence-corrected chi connectivity index (χ2v) is 6.23. The summed E-state index contributed by atoms with van der Waals surface area (Å²) in [7, 11) is -3.44. The van der Waals surface area contributed by atoms with E-state index in [-0.39, 0.29) is 4.90 Å². The lowest BCUT2D eigenvalue weighted by molar-refractivity contribution is 0.445. The molecule has 0 atom stereocenters. The average Bonchev–Trinajstić information content (AvgIpc) is 2.93. The van der Waals surface area contributed by atoms with Crippen molar-refractivity contribution >= 4 is 10.0 Å². The van der Waals surface area contributed by atoms with Crippen LogP contribution in [0.15, 0.2) is 29.4 Å². The monoisotopic (exact) mass is 295 g/mol. The number of hydrogen-bond donors (Lipinski definition) is 0. The van der Waals surface area contributed by atoms with E-state index >= 15 is 0 Å². The largest absolute Gasteiger partial charge is 0.243 e. The summed E-state index contributed by atoms with van der Waals surface area (Å²) in [6.07, 6.45) is 1.47. The first-order chi connectivity index (χ1) is 9.50. The minimum Gasteiger partial charge on any atom is -0.207 e. The number of benzene rings is 1. The molecule has 1 aromatic carbocycles. The third kappa shape index (κ3) is 2.56. The molecular formula is C12H17N5O2S. The van der Waals surface area contributed by atoms with Gasteiger partial charge >= 0.3 is 0 Å². The molecule has 0 aliphatic carbocycles. The molecule has 2 aromatic rings. The summed E-state index contributed by atoms with van der Waals surface area (Å²) in [4.78, 5) is 0.288. The Bertz CT molecular complexity index is 678. The maximum Gasteiger partial charge on any atom is 0.243 e. The quantitative estimate of drug-likeness (QED) is 0.822. The van der Waals surface area contributed by atoms with Crippen molar-refractivity contribution in [1.82, 2.24) is 24.5 Å². The zero-order valence-corrected chi connectivity index (χ0v) is 12.5. The van der Waals surface area contributed by atoms with E-state index in [1.165, 1.54) is 15.3 Å². The van der Waals surface area contributed by atoms with Crippen molar-refractivity contribution in [2.75, 3.05) is 13.1 Å². The Morgan fingerprint density at radius 2 is 1.95 bits per heavy atom. The number of hydrogen-bond acceptors (Lipinski definition) is 5. The van der Waals surface area contributed by atoms with E-state index in [9.17, 15) is 8.42 Å². The predicted molar refractivity (Wildman–Crippen MR) is 74.0 cm³/mol. The first-order valence-electron chi connectivity index (χ1n) is 6.34. The molecule has 0 saturated carbocycles. The molecule has 0 unspecified atom stereocenters. The van der Waals surface area contributed by atoms with Crippen LogP contribution < -0.4 is 0 Å². The van der Waals surface area contributed by atoms with Crippen LogP contribution in [0.4, 0.5) is 0 Å². The third-order valence-electron chi connectivity index (χ3n) is 3.11. The van der Waals surface area contributed by atoms with Crippen LogP contribution >= 0.6 is 0 Å². The number of nitrogens with zero attached hydrogens (tertiary/aromatic N) is 5. The Morgan fingerprint density at radius 1 is 1.25 bits per heavy atom. The van der Waals surface area contributed by atoms with Crippen molar-refractivity contribution in [2.24, 2.45) is 0 Å². The highest BCUT2D eigenvalue weighted by atomic mass is 32.2. The van der Waals surface area contributed by atoms with Gasteiger partial charge < -0.3 is 0 Å². The highest BCUT2D eigenvalue weighted by Crippen LogP contribution is 2.20. The van der Waals surface area contributed by atoms with Crippen LogP contribution in [-0.2, 0) is 10.0 Å². The van der Waals surface area contributed by atoms with Crippen LogP contribution in [-0.4, -0.2) is 46.0 Å². The molecule has 0 fully saturated rings. The smallest absolute Gasteiger partial charge is 0.207 e. The van der Waals surface area contributed by atoms with Crippen molar-refractivity contribution in [1.29, 1.82) is 0 Å². The van der Waals surface area contributed by atoms with Gasteiger partial charge in [0.1, 0.15) is 6.33 Å². The normalized spacial score (nSPS) is 12.0. The lowest BCUT2D eigenvalue weighted by Crippen LogP contribution is -2.30. The van der Waals surface area contributed by atoms with Crippen molar-refractivity contribution in [2.45, 2.75) is 25.7 Å². The molecule has 20 heavy (non-hydrogen) atoms. The molecule has 0 radical (unpaired) electrons. The molecule has 0 spiro atoms. The standard InChI is InChI=1S/C12H17N5O2S/c1-4-16(5-2)20(18,19)11-6-7-12(10(3)8-11)17-9-13-14-15-17/h6-9H,4-5H2,1-3H3. The fourth-order valence-electron chi connectivity index (χ4n) is 2.03. The van der Waals surface area contributed by atoms with Gasteiger partial charge in [0.05, 0.1) is 10.6 Å². The summed E-state index contributed by atoms with van der Waals surface area (Å²) in [5.74, 6) is 0. The van der Waals surface area contributed by atoms with Crippen LogP contribution in [0.3, 0.4) is 0 Å². The van der Waals surface area contributed by atoms with E-state index in [0.29, 0.717) is 13.1 Å². The molecule has 108 valence electrons. The number of sulfonamides is 1. The first-order valence-corrected chi connectivity index (χ1v) is 7.78. The average molecular weight is 295 g/mol. The summed E-state index contributed by atoms with van der Waals surface area (Å²) >= 11 is 0. The van der Waals surface area contributed by atoms with Crippen molar-refractivity contribution in [3.8, 4) is 5.69 Å². The van der Waals surface area contributed by atoms with Gasteiger partial charge in [-0.3, -0.25) is 0 Å². The van der Waals surface area contributed by atoms with Gasteiger partial charge in [0.2, 0.25) is 10.0 Å². The van der Waals surface area contributed by atoms with E-state index in [1.807, 2.05) is 20.8 Å². The molecule has 0 saturated heterocycles. The Hall–Kier alpha value is -1.80. The van der Waals surface area contributed by atoms with E-state index in [2.05, 4.69) is 15.5 Å². The number of tetrazole rings is 1. The lowest BCUT2D eigenvalue weighted by Gasteiger charge is -2.19. The summed E-state index contributed by atoms with van der Waals surface area (Å²) < 4.78 is 27.8. The number of aromatic nitrogens is 4. The maximum atomic E-state index is 12.4. The van der Waals surface area contributed by atoms with Gasteiger partial charge in [-0.25, -0.2) is 13.1 Å². The van der Waals surface area contributed by atoms with E-state index in [1.54, 1.807) is 18.2 Å². The van der Waals surface area contributed by atoms with Crippen LogP contribution in [0, 0.1) is 6.92 Å². The SMILES string of the molecule is CCN(CC)S(=O)(=O)c1ccc(-n2cnnn2)c(C)c1. The fraction of sp³-hybridized carbons (Fsp3) is 0.417. The molecule has 1 aromatic heterocycles. The molecule has 0 N–H and O–H groups in total. The maximum absolute atomic E-state index is 12.4. The van der Waals surface area contributed by atoms with Gasteiger partial charge in [-0.2, -0.15) is 4.31 Å². The summed E-state index contributed by atoms with van der Waals surface area (Å²) in [5, 5.41) is 10.9. The van der Waals surface area contributed by atoms with Crippen LogP contribution in [0.1, 0.15) is 19.4 Å². The second-order valence-electron chi connectivity index (χ2n) is 4.29. The highest BCUT2D eigenvalue weighted by Gasteiger charge is 2.22.